The normalized spacial score (nSPS) is 26.2. The maximum atomic E-state index is 12.1. The predicted molar refractivity (Wildman–Crippen MR) is 70.0 cm³/mol. The summed E-state index contributed by atoms with van der Waals surface area (Å²) in [7, 11) is 0. The van der Waals surface area contributed by atoms with Crippen LogP contribution >= 0.6 is 0 Å². The van der Waals surface area contributed by atoms with Gasteiger partial charge in [-0.25, -0.2) is 0 Å². The van der Waals surface area contributed by atoms with Crippen molar-refractivity contribution >= 4 is 17.7 Å². The third-order valence-electron chi connectivity index (χ3n) is 3.94. The summed E-state index contributed by atoms with van der Waals surface area (Å²) in [5.74, 6) is -0.567. The van der Waals surface area contributed by atoms with Gasteiger partial charge in [0.15, 0.2) is 0 Å². The largest absolute Gasteiger partial charge is 0.353 e. The smallest absolute Gasteiger partial charge is 0.233 e. The molecule has 19 heavy (non-hydrogen) atoms. The molecule has 5 heteroatoms. The summed E-state index contributed by atoms with van der Waals surface area (Å²) in [5, 5.41) is 2.64. The van der Waals surface area contributed by atoms with Crippen LogP contribution in [0.4, 0.5) is 0 Å². The first-order valence-electron chi connectivity index (χ1n) is 6.88. The molecule has 1 saturated heterocycles. The minimum atomic E-state index is -0.157. The lowest BCUT2D eigenvalue weighted by atomic mass is 9.81. The third-order valence-corrected chi connectivity index (χ3v) is 3.94. The van der Waals surface area contributed by atoms with Gasteiger partial charge in [-0.1, -0.05) is 18.9 Å². The lowest BCUT2D eigenvalue weighted by molar-refractivity contribution is -0.140. The maximum absolute atomic E-state index is 12.1. The van der Waals surface area contributed by atoms with Gasteiger partial charge in [-0.3, -0.25) is 19.3 Å². The highest BCUT2D eigenvalue weighted by molar-refractivity contribution is 6.05. The number of likely N-dealkylation sites (tertiary alicyclic amines) is 1. The average Bonchev–Trinajstić information content (AvgIpc) is 2.67. The van der Waals surface area contributed by atoms with E-state index in [-0.39, 0.29) is 42.5 Å². The van der Waals surface area contributed by atoms with E-state index in [2.05, 4.69) is 11.9 Å². The van der Waals surface area contributed by atoms with Crippen LogP contribution in [0.3, 0.4) is 0 Å². The van der Waals surface area contributed by atoms with Crippen LogP contribution < -0.4 is 5.32 Å². The van der Waals surface area contributed by atoms with Crippen molar-refractivity contribution in [3.63, 3.8) is 0 Å². The fourth-order valence-corrected chi connectivity index (χ4v) is 2.94. The molecule has 0 aromatic rings. The number of hydrogen-bond acceptors (Lipinski definition) is 3. The zero-order valence-corrected chi connectivity index (χ0v) is 11.1. The second-order valence-electron chi connectivity index (χ2n) is 5.17. The Morgan fingerprint density at radius 1 is 1.26 bits per heavy atom. The van der Waals surface area contributed by atoms with Gasteiger partial charge in [0.2, 0.25) is 17.7 Å². The molecule has 0 aromatic carbocycles. The van der Waals surface area contributed by atoms with Gasteiger partial charge < -0.3 is 5.32 Å². The molecule has 1 heterocycles. The summed E-state index contributed by atoms with van der Waals surface area (Å²) in [5.41, 5.74) is 0. The molecule has 0 spiro atoms. The van der Waals surface area contributed by atoms with Crippen molar-refractivity contribution in [1.82, 2.24) is 10.2 Å². The van der Waals surface area contributed by atoms with E-state index in [1.165, 1.54) is 4.90 Å². The first-order chi connectivity index (χ1) is 9.15. The maximum Gasteiger partial charge on any atom is 0.233 e. The van der Waals surface area contributed by atoms with Crippen molar-refractivity contribution < 1.29 is 14.4 Å². The molecular formula is C14H20N2O3. The van der Waals surface area contributed by atoms with Crippen LogP contribution in [0.15, 0.2) is 12.7 Å². The van der Waals surface area contributed by atoms with E-state index in [9.17, 15) is 14.4 Å². The summed E-state index contributed by atoms with van der Waals surface area (Å²) < 4.78 is 0. The number of carbonyl (C=O) groups is 3. The second-order valence-corrected chi connectivity index (χ2v) is 5.17. The lowest BCUT2D eigenvalue weighted by Crippen LogP contribution is -2.35. The van der Waals surface area contributed by atoms with Crippen molar-refractivity contribution in [3.8, 4) is 0 Å². The van der Waals surface area contributed by atoms with Crippen LogP contribution in [0.25, 0.3) is 0 Å². The standard InChI is InChI=1S/C14H20N2O3/c1-2-8-15-12(17)7-9-16-13(18)10-5-3-4-6-11(10)14(16)19/h2,10-11H,1,3-9H2,(H,15,17). The van der Waals surface area contributed by atoms with E-state index in [0.717, 1.165) is 25.7 Å². The number of fused-ring (bicyclic) bond motifs is 1. The van der Waals surface area contributed by atoms with Crippen LogP contribution in [-0.4, -0.2) is 35.7 Å². The Balaban J connectivity index is 1.90. The molecule has 1 N–H and O–H groups in total. The van der Waals surface area contributed by atoms with E-state index in [1.54, 1.807) is 6.08 Å². The zero-order chi connectivity index (χ0) is 13.8. The molecule has 2 rings (SSSR count). The predicted octanol–water partition coefficient (Wildman–Crippen LogP) is 0.854. The third kappa shape index (κ3) is 2.85. The van der Waals surface area contributed by atoms with E-state index in [4.69, 9.17) is 0 Å². The summed E-state index contributed by atoms with van der Waals surface area (Å²) in [6, 6.07) is 0. The minimum absolute atomic E-state index is 0.0776. The molecule has 3 amide bonds. The van der Waals surface area contributed by atoms with Crippen LogP contribution in [0, 0.1) is 11.8 Å². The van der Waals surface area contributed by atoms with E-state index >= 15 is 0 Å². The fraction of sp³-hybridized carbons (Fsp3) is 0.643. The molecule has 5 nitrogen and oxygen atoms in total. The number of hydrogen-bond donors (Lipinski definition) is 1. The molecular weight excluding hydrogens is 244 g/mol. The van der Waals surface area contributed by atoms with Gasteiger partial charge in [-0.2, -0.15) is 0 Å². The van der Waals surface area contributed by atoms with Crippen molar-refractivity contribution in [2.75, 3.05) is 13.1 Å². The van der Waals surface area contributed by atoms with Gasteiger partial charge >= 0.3 is 0 Å². The SMILES string of the molecule is C=CCNC(=O)CCN1C(=O)C2CCCCC2C1=O. The Kier molecular flexibility index (Phi) is 4.35. The highest BCUT2D eigenvalue weighted by atomic mass is 16.2. The van der Waals surface area contributed by atoms with Crippen LogP contribution in [0.1, 0.15) is 32.1 Å². The van der Waals surface area contributed by atoms with Gasteiger partial charge in [0.1, 0.15) is 0 Å². The number of nitrogens with zero attached hydrogens (tertiary/aromatic N) is 1. The number of amides is 3. The lowest BCUT2D eigenvalue weighted by Gasteiger charge is -2.19. The summed E-state index contributed by atoms with van der Waals surface area (Å²) in [6.07, 6.45) is 5.44. The van der Waals surface area contributed by atoms with E-state index in [1.807, 2.05) is 0 Å². The van der Waals surface area contributed by atoms with Gasteiger partial charge in [-0.05, 0) is 12.8 Å². The molecule has 0 aromatic heterocycles. The molecule has 0 radical (unpaired) electrons. The number of carbonyl (C=O) groups excluding carboxylic acids is 3. The Bertz CT molecular complexity index is 381. The van der Waals surface area contributed by atoms with Gasteiger partial charge in [-0.15, -0.1) is 6.58 Å². The molecule has 2 aliphatic rings. The quantitative estimate of drug-likeness (QED) is 0.591. The molecule has 2 unspecified atom stereocenters. The monoisotopic (exact) mass is 264 g/mol. The highest BCUT2D eigenvalue weighted by Gasteiger charge is 2.47. The van der Waals surface area contributed by atoms with E-state index in [0.29, 0.717) is 6.54 Å². The molecule has 1 aliphatic carbocycles. The van der Waals surface area contributed by atoms with Crippen molar-refractivity contribution in [2.24, 2.45) is 11.8 Å². The average molecular weight is 264 g/mol. The second kappa shape index (κ2) is 5.99. The first-order valence-corrected chi connectivity index (χ1v) is 6.88. The van der Waals surface area contributed by atoms with Gasteiger partial charge in [0, 0.05) is 19.5 Å². The van der Waals surface area contributed by atoms with Crippen molar-refractivity contribution in [2.45, 2.75) is 32.1 Å². The fourth-order valence-electron chi connectivity index (χ4n) is 2.94. The van der Waals surface area contributed by atoms with Crippen LogP contribution in [-0.2, 0) is 14.4 Å². The summed E-state index contributed by atoms with van der Waals surface area (Å²) >= 11 is 0. The molecule has 1 saturated carbocycles. The number of imide groups is 1. The summed E-state index contributed by atoms with van der Waals surface area (Å²) in [6.45, 7) is 4.12. The Morgan fingerprint density at radius 2 is 1.84 bits per heavy atom. The van der Waals surface area contributed by atoms with E-state index < -0.39 is 0 Å². The Hall–Kier alpha value is -1.65. The molecule has 0 bridgehead atoms. The molecule has 2 fully saturated rings. The van der Waals surface area contributed by atoms with Crippen molar-refractivity contribution in [1.29, 1.82) is 0 Å². The number of nitrogens with one attached hydrogen (secondary N) is 1. The Labute approximate surface area is 113 Å². The van der Waals surface area contributed by atoms with Gasteiger partial charge in [0.25, 0.3) is 0 Å². The highest BCUT2D eigenvalue weighted by Crippen LogP contribution is 2.37. The van der Waals surface area contributed by atoms with Crippen molar-refractivity contribution in [3.05, 3.63) is 12.7 Å². The first kappa shape index (κ1) is 13.8. The molecule has 1 aliphatic heterocycles. The van der Waals surface area contributed by atoms with Crippen LogP contribution in [0.5, 0.6) is 0 Å². The zero-order valence-electron chi connectivity index (χ0n) is 11.1. The topological polar surface area (TPSA) is 66.5 Å². The molecule has 2 atom stereocenters. The minimum Gasteiger partial charge on any atom is -0.353 e. The number of rotatable bonds is 5. The Morgan fingerprint density at radius 3 is 2.37 bits per heavy atom. The van der Waals surface area contributed by atoms with Gasteiger partial charge in [0.05, 0.1) is 11.8 Å². The summed E-state index contributed by atoms with van der Waals surface area (Å²) in [4.78, 5) is 37.0. The molecule has 104 valence electrons. The van der Waals surface area contributed by atoms with Crippen LogP contribution in [0.2, 0.25) is 0 Å².